The van der Waals surface area contributed by atoms with Gasteiger partial charge in [0.25, 0.3) is 0 Å². The Morgan fingerprint density at radius 3 is 1.74 bits per heavy atom. The summed E-state index contributed by atoms with van der Waals surface area (Å²) in [7, 11) is 9.43. The quantitative estimate of drug-likeness (QED) is 0.389. The third-order valence-corrected chi connectivity index (χ3v) is 5.28. The average Bonchev–Trinajstić information content (AvgIpc) is 3.30. The van der Waals surface area contributed by atoms with Crippen LogP contribution in [-0.2, 0) is 0 Å². The van der Waals surface area contributed by atoms with Crippen molar-refractivity contribution in [1.82, 2.24) is 14.6 Å². The molecule has 4 rings (SSSR count). The first-order chi connectivity index (χ1) is 16.6. The number of methoxy groups -OCH3 is 6. The predicted molar refractivity (Wildman–Crippen MR) is 127 cm³/mol. The normalized spacial score (nSPS) is 10.6. The summed E-state index contributed by atoms with van der Waals surface area (Å²) in [5.41, 5.74) is 2.99. The third kappa shape index (κ3) is 4.05. The van der Waals surface area contributed by atoms with Gasteiger partial charge in [0.05, 0.1) is 48.9 Å². The van der Waals surface area contributed by atoms with Crippen LogP contribution in [0.3, 0.4) is 0 Å². The summed E-state index contributed by atoms with van der Waals surface area (Å²) in [5.74, 6) is 3.80. The molecule has 0 fully saturated rings. The first kappa shape index (κ1) is 22.8. The van der Waals surface area contributed by atoms with Gasteiger partial charge in [-0.1, -0.05) is 0 Å². The van der Waals surface area contributed by atoms with Gasteiger partial charge in [-0.05, 0) is 23.8 Å². The summed E-state index contributed by atoms with van der Waals surface area (Å²) < 4.78 is 34.4. The number of nitrogens with one attached hydrogen (secondary N) is 1. The predicted octanol–water partition coefficient (Wildman–Crippen LogP) is 4.19. The van der Waals surface area contributed by atoms with Crippen LogP contribution in [0.2, 0.25) is 0 Å². The van der Waals surface area contributed by atoms with Gasteiger partial charge in [0, 0.05) is 29.6 Å². The molecule has 0 aliphatic rings. The van der Waals surface area contributed by atoms with Gasteiger partial charge in [-0.2, -0.15) is 5.10 Å². The molecule has 2 aromatic carbocycles. The Bertz CT molecular complexity index is 1270. The van der Waals surface area contributed by atoms with E-state index in [-0.39, 0.29) is 0 Å². The number of fused-ring (bicyclic) bond motifs is 1. The van der Waals surface area contributed by atoms with Crippen LogP contribution in [0.5, 0.6) is 34.5 Å². The summed E-state index contributed by atoms with van der Waals surface area (Å²) in [5, 5.41) is 7.72. The standard InChI is InChI=1S/C24H26N4O6/c1-29-17-9-14(10-18(30-2)22(17)33-5)16-13-25-28-8-7-21(27-24(16)28)26-15-11-19(31-3)23(34-6)20(12-15)32-4/h7-13H,1-6H3,(H,26,27). The lowest BCUT2D eigenvalue weighted by Gasteiger charge is -2.15. The molecular formula is C24H26N4O6. The van der Waals surface area contributed by atoms with Crippen LogP contribution in [0, 0.1) is 0 Å². The second kappa shape index (κ2) is 9.65. The Balaban J connectivity index is 1.76. The van der Waals surface area contributed by atoms with E-state index in [0.717, 1.165) is 16.8 Å². The van der Waals surface area contributed by atoms with Crippen molar-refractivity contribution >= 4 is 17.2 Å². The second-order valence-corrected chi connectivity index (χ2v) is 7.09. The lowest BCUT2D eigenvalue weighted by molar-refractivity contribution is 0.324. The third-order valence-electron chi connectivity index (χ3n) is 5.28. The van der Waals surface area contributed by atoms with E-state index in [4.69, 9.17) is 33.4 Å². The van der Waals surface area contributed by atoms with Crippen LogP contribution in [0.25, 0.3) is 16.8 Å². The molecule has 1 N–H and O–H groups in total. The summed E-state index contributed by atoms with van der Waals surface area (Å²) in [4.78, 5) is 4.78. The number of aromatic nitrogens is 3. The molecule has 4 aromatic rings. The Morgan fingerprint density at radius 2 is 1.24 bits per heavy atom. The highest BCUT2D eigenvalue weighted by Gasteiger charge is 2.18. The number of anilines is 2. The largest absolute Gasteiger partial charge is 0.493 e. The molecule has 0 saturated heterocycles. The summed E-state index contributed by atoms with van der Waals surface area (Å²) >= 11 is 0. The van der Waals surface area contributed by atoms with Crippen molar-refractivity contribution in [3.63, 3.8) is 0 Å². The minimum atomic E-state index is 0.513. The van der Waals surface area contributed by atoms with Gasteiger partial charge >= 0.3 is 0 Å². The molecular weight excluding hydrogens is 440 g/mol. The first-order valence-corrected chi connectivity index (χ1v) is 10.3. The molecule has 2 heterocycles. The molecule has 0 atom stereocenters. The number of hydrogen-bond acceptors (Lipinski definition) is 9. The van der Waals surface area contributed by atoms with Crippen molar-refractivity contribution in [3.8, 4) is 45.6 Å². The van der Waals surface area contributed by atoms with E-state index < -0.39 is 0 Å². The zero-order valence-corrected chi connectivity index (χ0v) is 19.8. The second-order valence-electron chi connectivity index (χ2n) is 7.09. The number of hydrogen-bond donors (Lipinski definition) is 1. The van der Waals surface area contributed by atoms with Crippen LogP contribution in [0.15, 0.2) is 42.7 Å². The molecule has 0 unspecified atom stereocenters. The van der Waals surface area contributed by atoms with Crippen molar-refractivity contribution in [2.75, 3.05) is 48.0 Å². The molecule has 10 heteroatoms. The lowest BCUT2D eigenvalue weighted by atomic mass is 10.1. The van der Waals surface area contributed by atoms with Gasteiger partial charge in [0.1, 0.15) is 5.82 Å². The topological polar surface area (TPSA) is 97.6 Å². The molecule has 0 amide bonds. The van der Waals surface area contributed by atoms with E-state index >= 15 is 0 Å². The maximum absolute atomic E-state index is 5.50. The Morgan fingerprint density at radius 1 is 0.706 bits per heavy atom. The minimum Gasteiger partial charge on any atom is -0.493 e. The van der Waals surface area contributed by atoms with Crippen LogP contribution >= 0.6 is 0 Å². The summed E-state index contributed by atoms with van der Waals surface area (Å²) in [6, 6.07) is 9.16. The molecule has 0 aliphatic carbocycles. The number of benzene rings is 2. The van der Waals surface area contributed by atoms with Gasteiger partial charge in [-0.25, -0.2) is 9.50 Å². The number of rotatable bonds is 9. The van der Waals surface area contributed by atoms with E-state index in [1.165, 1.54) is 0 Å². The van der Waals surface area contributed by atoms with Crippen molar-refractivity contribution in [2.45, 2.75) is 0 Å². The first-order valence-electron chi connectivity index (χ1n) is 10.3. The SMILES string of the molecule is COc1cc(Nc2ccn3ncc(-c4cc(OC)c(OC)c(OC)c4)c3n2)cc(OC)c1OC. The Labute approximate surface area is 196 Å². The maximum Gasteiger partial charge on any atom is 0.203 e. The van der Waals surface area contributed by atoms with Crippen LogP contribution < -0.4 is 33.7 Å². The summed E-state index contributed by atoms with van der Waals surface area (Å²) in [6.07, 6.45) is 3.57. The van der Waals surface area contributed by atoms with Crippen LogP contribution in [-0.4, -0.2) is 57.3 Å². The fourth-order valence-electron chi connectivity index (χ4n) is 3.68. The van der Waals surface area contributed by atoms with E-state index in [9.17, 15) is 0 Å². The maximum atomic E-state index is 5.50. The zero-order chi connectivity index (χ0) is 24.2. The van der Waals surface area contributed by atoms with Gasteiger partial charge in [0.2, 0.25) is 11.5 Å². The molecule has 0 bridgehead atoms. The molecule has 0 saturated carbocycles. The Hall–Kier alpha value is -4.34. The van der Waals surface area contributed by atoms with Crippen molar-refractivity contribution < 1.29 is 28.4 Å². The molecule has 10 nitrogen and oxygen atoms in total. The summed E-state index contributed by atoms with van der Waals surface area (Å²) in [6.45, 7) is 0. The minimum absolute atomic E-state index is 0.513. The number of ether oxygens (including phenoxy) is 6. The molecule has 178 valence electrons. The highest BCUT2D eigenvalue weighted by molar-refractivity contribution is 5.81. The number of nitrogens with zero attached hydrogens (tertiary/aromatic N) is 3. The highest BCUT2D eigenvalue weighted by atomic mass is 16.5. The van der Waals surface area contributed by atoms with Gasteiger partial charge in [0.15, 0.2) is 28.6 Å². The van der Waals surface area contributed by atoms with E-state index in [0.29, 0.717) is 46.0 Å². The monoisotopic (exact) mass is 466 g/mol. The molecule has 0 aliphatic heterocycles. The fourth-order valence-corrected chi connectivity index (χ4v) is 3.68. The zero-order valence-electron chi connectivity index (χ0n) is 19.8. The van der Waals surface area contributed by atoms with Gasteiger partial charge in [-0.3, -0.25) is 0 Å². The van der Waals surface area contributed by atoms with Crippen LogP contribution in [0.4, 0.5) is 11.5 Å². The lowest BCUT2D eigenvalue weighted by Crippen LogP contribution is -2.00. The fraction of sp³-hybridized carbons (Fsp3) is 0.250. The molecule has 0 radical (unpaired) electrons. The van der Waals surface area contributed by atoms with Gasteiger partial charge < -0.3 is 33.7 Å². The molecule has 2 aromatic heterocycles. The highest BCUT2D eigenvalue weighted by Crippen LogP contribution is 2.42. The smallest absolute Gasteiger partial charge is 0.203 e. The van der Waals surface area contributed by atoms with Crippen molar-refractivity contribution in [1.29, 1.82) is 0 Å². The average molecular weight is 466 g/mol. The van der Waals surface area contributed by atoms with E-state index in [1.807, 2.05) is 36.5 Å². The van der Waals surface area contributed by atoms with E-state index in [1.54, 1.807) is 53.4 Å². The van der Waals surface area contributed by atoms with Crippen molar-refractivity contribution in [2.24, 2.45) is 0 Å². The van der Waals surface area contributed by atoms with E-state index in [2.05, 4.69) is 10.4 Å². The Kier molecular flexibility index (Phi) is 6.48. The van der Waals surface area contributed by atoms with Crippen molar-refractivity contribution in [3.05, 3.63) is 42.7 Å². The van der Waals surface area contributed by atoms with Gasteiger partial charge in [-0.15, -0.1) is 0 Å². The van der Waals surface area contributed by atoms with Crippen LogP contribution in [0.1, 0.15) is 0 Å². The molecule has 0 spiro atoms. The molecule has 34 heavy (non-hydrogen) atoms.